The first-order chi connectivity index (χ1) is 7.75. The van der Waals surface area contributed by atoms with Crippen LogP contribution in [0.4, 0.5) is 0 Å². The van der Waals surface area contributed by atoms with Gasteiger partial charge in [-0.3, -0.25) is 0 Å². The fourth-order valence-electron chi connectivity index (χ4n) is 2.25. The van der Waals surface area contributed by atoms with Crippen molar-refractivity contribution in [3.63, 3.8) is 0 Å². The summed E-state index contributed by atoms with van der Waals surface area (Å²) in [7, 11) is 0. The van der Waals surface area contributed by atoms with Crippen LogP contribution in [0.3, 0.4) is 0 Å². The summed E-state index contributed by atoms with van der Waals surface area (Å²) in [5.74, 6) is 1.06. The maximum absolute atomic E-state index is 6.01. The first-order valence-corrected chi connectivity index (χ1v) is 6.35. The first-order valence-electron chi connectivity index (χ1n) is 6.35. The fraction of sp³-hybridized carbons (Fsp3) is 0.600. The molecule has 2 nitrogen and oxygen atoms in total. The van der Waals surface area contributed by atoms with E-state index in [-0.39, 0.29) is 11.1 Å². The Morgan fingerprint density at radius 2 is 2.06 bits per heavy atom. The maximum Gasteiger partial charge on any atom is 0.123 e. The monoisotopic (exact) mass is 233 g/mol. The Morgan fingerprint density at radius 1 is 1.35 bits per heavy atom. The van der Waals surface area contributed by atoms with Gasteiger partial charge in [0, 0.05) is 12.0 Å². The van der Waals surface area contributed by atoms with Gasteiger partial charge in [-0.15, -0.1) is 0 Å². The van der Waals surface area contributed by atoms with Crippen LogP contribution >= 0.6 is 0 Å². The van der Waals surface area contributed by atoms with E-state index in [2.05, 4.69) is 45.9 Å². The molecule has 0 radical (unpaired) electrons. The van der Waals surface area contributed by atoms with Crippen molar-refractivity contribution in [3.05, 3.63) is 29.3 Å². The van der Waals surface area contributed by atoms with Gasteiger partial charge in [-0.05, 0) is 57.7 Å². The highest BCUT2D eigenvalue weighted by Gasteiger charge is 2.29. The van der Waals surface area contributed by atoms with Crippen LogP contribution < -0.4 is 10.5 Å². The van der Waals surface area contributed by atoms with Crippen LogP contribution in [0.15, 0.2) is 18.2 Å². The van der Waals surface area contributed by atoms with E-state index in [4.69, 9.17) is 10.5 Å². The van der Waals surface area contributed by atoms with Gasteiger partial charge in [0.05, 0.1) is 0 Å². The van der Waals surface area contributed by atoms with Gasteiger partial charge < -0.3 is 10.5 Å². The molecule has 0 aromatic heterocycles. The molecule has 0 amide bonds. The summed E-state index contributed by atoms with van der Waals surface area (Å²) in [5.41, 5.74) is 8.51. The predicted molar refractivity (Wildman–Crippen MR) is 71.4 cm³/mol. The Balaban J connectivity index is 2.09. The van der Waals surface area contributed by atoms with Gasteiger partial charge in [0.1, 0.15) is 11.4 Å². The summed E-state index contributed by atoms with van der Waals surface area (Å²) >= 11 is 0. The SMILES string of the molecule is CC(C)(N)CCc1ccc2c(c1)OC(C)(C)C2. The summed E-state index contributed by atoms with van der Waals surface area (Å²) in [5, 5.41) is 0. The molecule has 0 aliphatic carbocycles. The molecule has 0 saturated carbocycles. The first kappa shape index (κ1) is 12.4. The molecule has 17 heavy (non-hydrogen) atoms. The third-order valence-electron chi connectivity index (χ3n) is 3.19. The Kier molecular flexibility index (Phi) is 2.94. The summed E-state index contributed by atoms with van der Waals surface area (Å²) in [4.78, 5) is 0. The van der Waals surface area contributed by atoms with Crippen molar-refractivity contribution < 1.29 is 4.74 Å². The zero-order valence-electron chi connectivity index (χ0n) is 11.3. The molecular formula is C15H23NO. The van der Waals surface area contributed by atoms with Gasteiger partial charge >= 0.3 is 0 Å². The lowest BCUT2D eigenvalue weighted by Crippen LogP contribution is -2.32. The van der Waals surface area contributed by atoms with Crippen molar-refractivity contribution in [2.24, 2.45) is 5.73 Å². The minimum Gasteiger partial charge on any atom is -0.487 e. The molecule has 2 rings (SSSR count). The summed E-state index contributed by atoms with van der Waals surface area (Å²) in [6.45, 7) is 8.41. The van der Waals surface area contributed by atoms with Gasteiger partial charge in [0.15, 0.2) is 0 Å². The quantitative estimate of drug-likeness (QED) is 0.870. The third-order valence-corrected chi connectivity index (χ3v) is 3.19. The zero-order valence-corrected chi connectivity index (χ0v) is 11.3. The molecule has 2 heteroatoms. The van der Waals surface area contributed by atoms with E-state index in [1.165, 1.54) is 11.1 Å². The number of benzene rings is 1. The van der Waals surface area contributed by atoms with Crippen molar-refractivity contribution in [1.29, 1.82) is 0 Å². The van der Waals surface area contributed by atoms with E-state index in [1.807, 2.05) is 0 Å². The van der Waals surface area contributed by atoms with Crippen molar-refractivity contribution in [3.8, 4) is 5.75 Å². The lowest BCUT2D eigenvalue weighted by Gasteiger charge is -2.18. The van der Waals surface area contributed by atoms with E-state index in [0.717, 1.165) is 25.0 Å². The molecule has 1 aliphatic rings. The van der Waals surface area contributed by atoms with Crippen LogP contribution in [0.1, 0.15) is 45.2 Å². The van der Waals surface area contributed by atoms with Crippen LogP contribution in [0.2, 0.25) is 0 Å². The molecule has 1 heterocycles. The number of hydrogen-bond acceptors (Lipinski definition) is 2. The Hall–Kier alpha value is -1.02. The normalized spacial score (nSPS) is 17.7. The highest BCUT2D eigenvalue weighted by atomic mass is 16.5. The van der Waals surface area contributed by atoms with Crippen molar-refractivity contribution >= 4 is 0 Å². The number of hydrogen-bond donors (Lipinski definition) is 1. The second-order valence-electron chi connectivity index (χ2n) is 6.47. The molecule has 0 saturated heterocycles. The molecule has 0 spiro atoms. The van der Waals surface area contributed by atoms with Gasteiger partial charge in [0.2, 0.25) is 0 Å². The minimum absolute atomic E-state index is 0.0475. The van der Waals surface area contributed by atoms with E-state index < -0.39 is 0 Å². The number of rotatable bonds is 3. The Bertz CT molecular complexity index is 415. The van der Waals surface area contributed by atoms with Gasteiger partial charge in [-0.1, -0.05) is 12.1 Å². The van der Waals surface area contributed by atoms with Gasteiger partial charge in [-0.25, -0.2) is 0 Å². The molecule has 1 aromatic rings. The number of aryl methyl sites for hydroxylation is 1. The zero-order chi connectivity index (χ0) is 12.7. The van der Waals surface area contributed by atoms with E-state index in [9.17, 15) is 0 Å². The van der Waals surface area contributed by atoms with Crippen LogP contribution in [-0.4, -0.2) is 11.1 Å². The number of ether oxygens (including phenoxy) is 1. The molecule has 1 aliphatic heterocycles. The third kappa shape index (κ3) is 3.22. The Labute approximate surface area is 104 Å². The van der Waals surface area contributed by atoms with Crippen LogP contribution in [-0.2, 0) is 12.8 Å². The molecule has 2 N–H and O–H groups in total. The molecule has 0 bridgehead atoms. The Morgan fingerprint density at radius 3 is 2.71 bits per heavy atom. The molecule has 94 valence electrons. The van der Waals surface area contributed by atoms with Crippen LogP contribution in [0.25, 0.3) is 0 Å². The van der Waals surface area contributed by atoms with Crippen LogP contribution in [0.5, 0.6) is 5.75 Å². The highest BCUT2D eigenvalue weighted by Crippen LogP contribution is 2.35. The minimum atomic E-state index is -0.0981. The fourth-order valence-corrected chi connectivity index (χ4v) is 2.25. The lowest BCUT2D eigenvalue weighted by atomic mass is 9.95. The van der Waals surface area contributed by atoms with E-state index in [0.29, 0.717) is 0 Å². The van der Waals surface area contributed by atoms with Gasteiger partial charge in [-0.2, -0.15) is 0 Å². The largest absolute Gasteiger partial charge is 0.487 e. The second kappa shape index (κ2) is 4.02. The molecular weight excluding hydrogens is 210 g/mol. The highest BCUT2D eigenvalue weighted by molar-refractivity contribution is 5.42. The number of nitrogens with two attached hydrogens (primary N) is 1. The van der Waals surface area contributed by atoms with Crippen LogP contribution in [0, 0.1) is 0 Å². The second-order valence-corrected chi connectivity index (χ2v) is 6.47. The van der Waals surface area contributed by atoms with Crippen molar-refractivity contribution in [2.75, 3.05) is 0 Å². The lowest BCUT2D eigenvalue weighted by molar-refractivity contribution is 0.138. The van der Waals surface area contributed by atoms with Crippen molar-refractivity contribution in [1.82, 2.24) is 0 Å². The molecule has 1 aromatic carbocycles. The predicted octanol–water partition coefficient (Wildman–Crippen LogP) is 3.07. The van der Waals surface area contributed by atoms with E-state index >= 15 is 0 Å². The number of fused-ring (bicyclic) bond motifs is 1. The average Bonchev–Trinajstić information content (AvgIpc) is 2.46. The van der Waals surface area contributed by atoms with Crippen molar-refractivity contribution in [2.45, 2.75) is 58.1 Å². The summed E-state index contributed by atoms with van der Waals surface area (Å²) in [6.07, 6.45) is 3.01. The topological polar surface area (TPSA) is 35.2 Å². The molecule has 0 fully saturated rings. The smallest absolute Gasteiger partial charge is 0.123 e. The molecule has 0 unspecified atom stereocenters. The molecule has 0 atom stereocenters. The maximum atomic E-state index is 6.01. The average molecular weight is 233 g/mol. The summed E-state index contributed by atoms with van der Waals surface area (Å²) in [6, 6.07) is 6.58. The summed E-state index contributed by atoms with van der Waals surface area (Å²) < 4.78 is 5.94. The van der Waals surface area contributed by atoms with E-state index in [1.54, 1.807) is 0 Å². The standard InChI is InChI=1S/C15H23NO/c1-14(2,16)8-7-11-5-6-12-10-15(3,4)17-13(12)9-11/h5-6,9H,7-8,10,16H2,1-4H3. The van der Waals surface area contributed by atoms with Gasteiger partial charge in [0.25, 0.3) is 0 Å².